The highest BCUT2D eigenvalue weighted by Gasteiger charge is 2.19. The van der Waals surface area contributed by atoms with E-state index in [4.69, 9.17) is 4.74 Å². The van der Waals surface area contributed by atoms with Crippen molar-refractivity contribution in [2.45, 2.75) is 32.7 Å². The van der Waals surface area contributed by atoms with Crippen LogP contribution >= 0.6 is 0 Å². The SMILES string of the molecule is CC(C)(C)c1cccc(CN=NOC(=O)Oc2ccccc2)c1O. The van der Waals surface area contributed by atoms with Gasteiger partial charge in [-0.2, -0.15) is 0 Å². The van der Waals surface area contributed by atoms with Crippen LogP contribution in [0.2, 0.25) is 0 Å². The average molecular weight is 328 g/mol. The number of rotatable bonds is 4. The van der Waals surface area contributed by atoms with Gasteiger partial charge >= 0.3 is 6.16 Å². The normalized spacial score (nSPS) is 11.5. The molecule has 24 heavy (non-hydrogen) atoms. The number of benzene rings is 2. The summed E-state index contributed by atoms with van der Waals surface area (Å²) in [6.45, 7) is 6.12. The van der Waals surface area contributed by atoms with Gasteiger partial charge in [0, 0.05) is 10.8 Å². The number of phenols is 1. The first-order valence-corrected chi connectivity index (χ1v) is 7.50. The molecule has 0 amide bonds. The van der Waals surface area contributed by atoms with E-state index in [1.54, 1.807) is 36.4 Å². The molecule has 6 heteroatoms. The van der Waals surface area contributed by atoms with Crippen LogP contribution in [-0.2, 0) is 16.8 Å². The first kappa shape index (κ1) is 17.5. The molecule has 0 radical (unpaired) electrons. The number of aromatic hydroxyl groups is 1. The van der Waals surface area contributed by atoms with Gasteiger partial charge in [0.15, 0.2) is 0 Å². The molecule has 126 valence electrons. The quantitative estimate of drug-likeness (QED) is 0.379. The second kappa shape index (κ2) is 7.59. The molecule has 0 fully saturated rings. The molecule has 0 bridgehead atoms. The Morgan fingerprint density at radius 3 is 2.46 bits per heavy atom. The fourth-order valence-corrected chi connectivity index (χ4v) is 2.09. The molecule has 0 aliphatic heterocycles. The number of ether oxygens (including phenoxy) is 1. The molecule has 0 saturated heterocycles. The van der Waals surface area contributed by atoms with Gasteiger partial charge in [0.05, 0.1) is 6.54 Å². The number of phenolic OH excluding ortho intramolecular Hbond substituents is 1. The van der Waals surface area contributed by atoms with E-state index in [0.29, 0.717) is 11.3 Å². The summed E-state index contributed by atoms with van der Waals surface area (Å²) in [5.41, 5.74) is 1.23. The van der Waals surface area contributed by atoms with E-state index < -0.39 is 6.16 Å². The van der Waals surface area contributed by atoms with Crippen molar-refractivity contribution in [1.29, 1.82) is 0 Å². The molecule has 0 unspecified atom stereocenters. The maximum absolute atomic E-state index is 11.4. The number of carbonyl (C=O) groups is 1. The Morgan fingerprint density at radius 1 is 1.08 bits per heavy atom. The fraction of sp³-hybridized carbons (Fsp3) is 0.278. The molecule has 0 saturated carbocycles. The lowest BCUT2D eigenvalue weighted by Crippen LogP contribution is -2.11. The predicted octanol–water partition coefficient (Wildman–Crippen LogP) is 4.77. The second-order valence-electron chi connectivity index (χ2n) is 6.20. The number of hydrogen-bond donors (Lipinski definition) is 1. The van der Waals surface area contributed by atoms with Gasteiger partial charge in [0.25, 0.3) is 0 Å². The Kier molecular flexibility index (Phi) is 5.52. The van der Waals surface area contributed by atoms with Crippen molar-refractivity contribution in [1.82, 2.24) is 0 Å². The summed E-state index contributed by atoms with van der Waals surface area (Å²) < 4.78 is 4.89. The van der Waals surface area contributed by atoms with Gasteiger partial charge in [0.1, 0.15) is 11.5 Å². The zero-order chi connectivity index (χ0) is 17.6. The minimum absolute atomic E-state index is 0.0916. The van der Waals surface area contributed by atoms with Crippen molar-refractivity contribution >= 4 is 6.16 Å². The molecule has 0 aliphatic carbocycles. The molecule has 0 heterocycles. The van der Waals surface area contributed by atoms with Crippen molar-refractivity contribution in [3.05, 3.63) is 59.7 Å². The van der Waals surface area contributed by atoms with Crippen LogP contribution in [0.4, 0.5) is 4.79 Å². The van der Waals surface area contributed by atoms with Gasteiger partial charge < -0.3 is 9.84 Å². The molecule has 2 rings (SSSR count). The van der Waals surface area contributed by atoms with Crippen molar-refractivity contribution in [2.24, 2.45) is 10.4 Å². The summed E-state index contributed by atoms with van der Waals surface area (Å²) in [6.07, 6.45) is -0.974. The molecule has 0 aromatic heterocycles. The summed E-state index contributed by atoms with van der Waals surface area (Å²) >= 11 is 0. The van der Waals surface area contributed by atoms with E-state index in [1.165, 1.54) is 0 Å². The van der Waals surface area contributed by atoms with Crippen LogP contribution in [0.25, 0.3) is 0 Å². The molecule has 2 aromatic rings. The zero-order valence-corrected chi connectivity index (χ0v) is 13.9. The number of para-hydroxylation sites is 2. The molecule has 0 atom stereocenters. The third-order valence-electron chi connectivity index (χ3n) is 3.29. The first-order chi connectivity index (χ1) is 11.4. The van der Waals surface area contributed by atoms with Crippen LogP contribution < -0.4 is 4.74 Å². The van der Waals surface area contributed by atoms with Crippen LogP contribution in [0.3, 0.4) is 0 Å². The van der Waals surface area contributed by atoms with Gasteiger partial charge in [-0.1, -0.05) is 57.2 Å². The van der Waals surface area contributed by atoms with Gasteiger partial charge in [-0.05, 0) is 23.1 Å². The standard InChI is InChI=1S/C18H20N2O4/c1-18(2,3)15-11-7-8-13(16(15)21)12-19-20-24-17(22)23-14-9-5-4-6-10-14/h4-11,21H,12H2,1-3H3. The van der Waals surface area contributed by atoms with E-state index in [2.05, 4.69) is 15.2 Å². The van der Waals surface area contributed by atoms with Gasteiger partial charge in [-0.25, -0.2) is 4.79 Å². The zero-order valence-electron chi connectivity index (χ0n) is 13.9. The highest BCUT2D eigenvalue weighted by Crippen LogP contribution is 2.33. The van der Waals surface area contributed by atoms with E-state index in [9.17, 15) is 9.90 Å². The smallest absolute Gasteiger partial charge is 0.507 e. The first-order valence-electron chi connectivity index (χ1n) is 7.50. The molecule has 0 spiro atoms. The lowest BCUT2D eigenvalue weighted by Gasteiger charge is -2.21. The van der Waals surface area contributed by atoms with Crippen LogP contribution in [0.5, 0.6) is 11.5 Å². The van der Waals surface area contributed by atoms with E-state index in [-0.39, 0.29) is 17.7 Å². The van der Waals surface area contributed by atoms with Crippen LogP contribution in [0.1, 0.15) is 31.9 Å². The van der Waals surface area contributed by atoms with Crippen LogP contribution in [-0.4, -0.2) is 11.3 Å². The maximum atomic E-state index is 11.4. The Labute approximate surface area is 140 Å². The summed E-state index contributed by atoms with van der Waals surface area (Å²) in [5, 5.41) is 17.4. The van der Waals surface area contributed by atoms with Gasteiger partial charge in [0.2, 0.25) is 0 Å². The third kappa shape index (κ3) is 4.81. The summed E-state index contributed by atoms with van der Waals surface area (Å²) in [6, 6.07) is 14.0. The Hall–Kier alpha value is -2.89. The number of hydrogen-bond acceptors (Lipinski definition) is 6. The van der Waals surface area contributed by atoms with E-state index in [0.717, 1.165) is 5.56 Å². The number of nitrogens with zero attached hydrogens (tertiary/aromatic N) is 2. The van der Waals surface area contributed by atoms with Crippen LogP contribution in [0, 0.1) is 0 Å². The van der Waals surface area contributed by atoms with E-state index >= 15 is 0 Å². The number of carbonyl (C=O) groups excluding carboxylic acids is 1. The summed E-state index contributed by atoms with van der Waals surface area (Å²) in [4.78, 5) is 15.9. The van der Waals surface area contributed by atoms with Crippen molar-refractivity contribution in [3.8, 4) is 11.5 Å². The third-order valence-corrected chi connectivity index (χ3v) is 3.29. The van der Waals surface area contributed by atoms with Gasteiger partial charge in [-0.3, -0.25) is 4.84 Å². The minimum atomic E-state index is -0.974. The lowest BCUT2D eigenvalue weighted by molar-refractivity contribution is 0.0932. The monoisotopic (exact) mass is 328 g/mol. The Balaban J connectivity index is 1.92. The molecular weight excluding hydrogens is 308 g/mol. The summed E-state index contributed by atoms with van der Waals surface area (Å²) in [5.74, 6) is 0.532. The van der Waals surface area contributed by atoms with Crippen molar-refractivity contribution in [3.63, 3.8) is 0 Å². The van der Waals surface area contributed by atoms with Crippen LogP contribution in [0.15, 0.2) is 58.9 Å². The fourth-order valence-electron chi connectivity index (χ4n) is 2.09. The lowest BCUT2D eigenvalue weighted by atomic mass is 9.85. The van der Waals surface area contributed by atoms with E-state index in [1.807, 2.05) is 32.9 Å². The average Bonchev–Trinajstić information content (AvgIpc) is 2.52. The van der Waals surface area contributed by atoms with Gasteiger partial charge in [-0.15, -0.1) is 5.11 Å². The van der Waals surface area contributed by atoms with Crippen molar-refractivity contribution in [2.75, 3.05) is 0 Å². The molecule has 0 aliphatic rings. The predicted molar refractivity (Wildman–Crippen MR) is 88.9 cm³/mol. The molecular formula is C18H20N2O4. The Bertz CT molecular complexity index is 722. The second-order valence-corrected chi connectivity index (χ2v) is 6.20. The highest BCUT2D eigenvalue weighted by atomic mass is 16.8. The minimum Gasteiger partial charge on any atom is -0.507 e. The largest absolute Gasteiger partial charge is 0.542 e. The maximum Gasteiger partial charge on any atom is 0.542 e. The molecule has 2 aromatic carbocycles. The Morgan fingerprint density at radius 2 is 1.79 bits per heavy atom. The van der Waals surface area contributed by atoms with Crippen molar-refractivity contribution < 1.29 is 19.5 Å². The molecule has 6 nitrogen and oxygen atoms in total. The topological polar surface area (TPSA) is 80.5 Å². The summed E-state index contributed by atoms with van der Waals surface area (Å²) in [7, 11) is 0. The molecule has 1 N–H and O–H groups in total. The highest BCUT2D eigenvalue weighted by molar-refractivity contribution is 5.63.